The summed E-state index contributed by atoms with van der Waals surface area (Å²) in [4.78, 5) is 14.3. The van der Waals surface area contributed by atoms with Crippen molar-refractivity contribution in [2.75, 3.05) is 0 Å². The highest BCUT2D eigenvalue weighted by molar-refractivity contribution is 7.07. The molecule has 0 aliphatic carbocycles. The molecule has 1 aromatic heterocycles. The molecule has 0 aromatic carbocycles. The molecule has 1 aromatic rings. The molecule has 3 rings (SSSR count). The van der Waals surface area contributed by atoms with E-state index in [0.29, 0.717) is 24.4 Å². The van der Waals surface area contributed by atoms with Crippen LogP contribution in [0.5, 0.6) is 0 Å². The third-order valence-electron chi connectivity index (χ3n) is 3.54. The topological polar surface area (TPSA) is 20.3 Å². The Labute approximate surface area is 99.6 Å². The molecule has 16 heavy (non-hydrogen) atoms. The maximum Gasteiger partial charge on any atom is 0.227 e. The van der Waals surface area contributed by atoms with Gasteiger partial charge in [-0.05, 0) is 41.7 Å². The maximum atomic E-state index is 12.2. The first-order valence-corrected chi connectivity index (χ1v) is 6.78. The zero-order chi connectivity index (χ0) is 11.0. The van der Waals surface area contributed by atoms with Crippen molar-refractivity contribution < 1.29 is 4.79 Å². The quantitative estimate of drug-likeness (QED) is 0.719. The first-order valence-electron chi connectivity index (χ1n) is 5.83. The van der Waals surface area contributed by atoms with Crippen LogP contribution in [0.1, 0.15) is 24.8 Å². The third kappa shape index (κ3) is 1.69. The summed E-state index contributed by atoms with van der Waals surface area (Å²) in [7, 11) is 0. The summed E-state index contributed by atoms with van der Waals surface area (Å²) in [5, 5.41) is 4.10. The van der Waals surface area contributed by atoms with Crippen LogP contribution in [0.3, 0.4) is 0 Å². The Hall–Kier alpha value is -1.09. The van der Waals surface area contributed by atoms with E-state index in [9.17, 15) is 4.79 Å². The zero-order valence-corrected chi connectivity index (χ0v) is 9.95. The molecule has 1 amide bonds. The lowest BCUT2D eigenvalue weighted by atomic mass is 10.1. The van der Waals surface area contributed by atoms with Crippen LogP contribution in [0.2, 0.25) is 0 Å². The molecule has 2 bridgehead atoms. The number of carbonyl (C=O) groups is 1. The Morgan fingerprint density at radius 2 is 2.44 bits per heavy atom. The number of fused-ring (bicyclic) bond motifs is 2. The van der Waals surface area contributed by atoms with E-state index in [-0.39, 0.29) is 0 Å². The lowest BCUT2D eigenvalue weighted by molar-refractivity contribution is -0.132. The summed E-state index contributed by atoms with van der Waals surface area (Å²) in [6.07, 6.45) is 8.38. The number of carbonyl (C=O) groups excluding carboxylic acids is 1. The maximum absolute atomic E-state index is 12.2. The fourth-order valence-electron chi connectivity index (χ4n) is 2.77. The second-order valence-electron chi connectivity index (χ2n) is 4.57. The summed E-state index contributed by atoms with van der Waals surface area (Å²) in [6, 6.07) is 2.90. The van der Waals surface area contributed by atoms with Gasteiger partial charge in [0, 0.05) is 6.04 Å². The van der Waals surface area contributed by atoms with Gasteiger partial charge in [0.15, 0.2) is 0 Å². The van der Waals surface area contributed by atoms with Gasteiger partial charge in [0.2, 0.25) is 5.91 Å². The van der Waals surface area contributed by atoms with Crippen molar-refractivity contribution in [2.45, 2.75) is 37.8 Å². The van der Waals surface area contributed by atoms with Crippen LogP contribution in [0.4, 0.5) is 0 Å². The van der Waals surface area contributed by atoms with Gasteiger partial charge in [-0.25, -0.2) is 0 Å². The Morgan fingerprint density at radius 3 is 3.19 bits per heavy atom. The molecule has 0 radical (unpaired) electrons. The van der Waals surface area contributed by atoms with Gasteiger partial charge in [0.05, 0.1) is 12.5 Å². The van der Waals surface area contributed by atoms with Crippen LogP contribution < -0.4 is 0 Å². The summed E-state index contributed by atoms with van der Waals surface area (Å²) >= 11 is 1.66. The van der Waals surface area contributed by atoms with Crippen molar-refractivity contribution >= 4 is 17.2 Å². The van der Waals surface area contributed by atoms with E-state index in [0.717, 1.165) is 18.4 Å². The zero-order valence-electron chi connectivity index (χ0n) is 9.13. The fraction of sp³-hybridized carbons (Fsp3) is 0.462. The Kier molecular flexibility index (Phi) is 2.56. The van der Waals surface area contributed by atoms with Crippen molar-refractivity contribution in [1.29, 1.82) is 0 Å². The minimum absolute atomic E-state index is 0.301. The van der Waals surface area contributed by atoms with Crippen LogP contribution in [0.25, 0.3) is 0 Å². The highest BCUT2D eigenvalue weighted by atomic mass is 32.1. The summed E-state index contributed by atoms with van der Waals surface area (Å²) in [5.41, 5.74) is 1.16. The standard InChI is InChI=1S/C13H15NOS/c15-13(8-10-6-7-16-9-10)14-11-2-1-3-12(14)5-4-11/h1-2,6-7,9,11-12H,3-5,8H2. The molecule has 1 fully saturated rings. The molecule has 3 heteroatoms. The summed E-state index contributed by atoms with van der Waals surface area (Å²) < 4.78 is 0. The number of rotatable bonds is 2. The highest BCUT2D eigenvalue weighted by Crippen LogP contribution is 2.32. The molecule has 2 atom stereocenters. The van der Waals surface area contributed by atoms with Crippen molar-refractivity contribution in [3.05, 3.63) is 34.5 Å². The van der Waals surface area contributed by atoms with Gasteiger partial charge in [0.1, 0.15) is 0 Å². The fourth-order valence-corrected chi connectivity index (χ4v) is 3.44. The number of hydrogen-bond donors (Lipinski definition) is 0. The average Bonchev–Trinajstić information content (AvgIpc) is 2.86. The number of hydrogen-bond acceptors (Lipinski definition) is 2. The molecule has 0 N–H and O–H groups in total. The summed E-state index contributed by atoms with van der Waals surface area (Å²) in [5.74, 6) is 0.301. The van der Waals surface area contributed by atoms with Crippen LogP contribution in [0.15, 0.2) is 29.0 Å². The smallest absolute Gasteiger partial charge is 0.227 e. The van der Waals surface area contributed by atoms with Gasteiger partial charge in [0.25, 0.3) is 0 Å². The molecule has 2 unspecified atom stereocenters. The normalized spacial score (nSPS) is 27.4. The molecule has 0 saturated carbocycles. The molecule has 2 nitrogen and oxygen atoms in total. The third-order valence-corrected chi connectivity index (χ3v) is 4.27. The van der Waals surface area contributed by atoms with Crippen molar-refractivity contribution in [3.63, 3.8) is 0 Å². The van der Waals surface area contributed by atoms with Gasteiger partial charge >= 0.3 is 0 Å². The van der Waals surface area contributed by atoms with Gasteiger partial charge < -0.3 is 4.90 Å². The van der Waals surface area contributed by atoms with E-state index >= 15 is 0 Å². The molecule has 84 valence electrons. The van der Waals surface area contributed by atoms with E-state index in [1.807, 2.05) is 11.4 Å². The van der Waals surface area contributed by atoms with Crippen molar-refractivity contribution in [3.8, 4) is 0 Å². The first kappa shape index (κ1) is 10.1. The first-order chi connectivity index (χ1) is 7.84. The van der Waals surface area contributed by atoms with Crippen molar-refractivity contribution in [1.82, 2.24) is 4.90 Å². The van der Waals surface area contributed by atoms with Gasteiger partial charge in [-0.15, -0.1) is 0 Å². The van der Waals surface area contributed by atoms with E-state index in [1.54, 1.807) is 11.3 Å². The molecule has 2 aliphatic rings. The largest absolute Gasteiger partial charge is 0.333 e. The predicted molar refractivity (Wildman–Crippen MR) is 65.4 cm³/mol. The monoisotopic (exact) mass is 233 g/mol. The molecule has 3 heterocycles. The van der Waals surface area contributed by atoms with Crippen LogP contribution >= 0.6 is 11.3 Å². The molecule has 0 spiro atoms. The lowest BCUT2D eigenvalue weighted by Gasteiger charge is -2.31. The molecular weight excluding hydrogens is 218 g/mol. The van der Waals surface area contributed by atoms with Crippen molar-refractivity contribution in [2.24, 2.45) is 0 Å². The minimum Gasteiger partial charge on any atom is -0.333 e. The van der Waals surface area contributed by atoms with Gasteiger partial charge in [-0.1, -0.05) is 12.2 Å². The average molecular weight is 233 g/mol. The second-order valence-corrected chi connectivity index (χ2v) is 5.35. The van der Waals surface area contributed by atoms with Gasteiger partial charge in [-0.2, -0.15) is 11.3 Å². The Bertz CT molecular complexity index is 410. The lowest BCUT2D eigenvalue weighted by Crippen LogP contribution is -2.42. The SMILES string of the molecule is O=C(Cc1ccsc1)N1C2C=CCC1CC2. The van der Waals surface area contributed by atoms with E-state index in [2.05, 4.69) is 22.4 Å². The summed E-state index contributed by atoms with van der Waals surface area (Å²) in [6.45, 7) is 0. The van der Waals surface area contributed by atoms with Crippen LogP contribution in [-0.4, -0.2) is 22.9 Å². The van der Waals surface area contributed by atoms with E-state index < -0.39 is 0 Å². The number of amides is 1. The van der Waals surface area contributed by atoms with E-state index in [4.69, 9.17) is 0 Å². The molecular formula is C13H15NOS. The molecule has 1 saturated heterocycles. The highest BCUT2D eigenvalue weighted by Gasteiger charge is 2.36. The minimum atomic E-state index is 0.301. The van der Waals surface area contributed by atoms with Gasteiger partial charge in [-0.3, -0.25) is 4.79 Å². The Balaban J connectivity index is 1.74. The Morgan fingerprint density at radius 1 is 1.50 bits per heavy atom. The number of nitrogens with zero attached hydrogens (tertiary/aromatic N) is 1. The predicted octanol–water partition coefficient (Wildman–Crippen LogP) is 2.61. The van der Waals surface area contributed by atoms with Crippen LogP contribution in [-0.2, 0) is 11.2 Å². The van der Waals surface area contributed by atoms with Crippen LogP contribution in [0, 0.1) is 0 Å². The number of thiophene rings is 1. The van der Waals surface area contributed by atoms with E-state index in [1.165, 1.54) is 6.42 Å². The molecule has 2 aliphatic heterocycles. The second kappa shape index (κ2) is 4.06.